The van der Waals surface area contributed by atoms with Gasteiger partial charge in [0.2, 0.25) is 5.88 Å². The second-order valence-electron chi connectivity index (χ2n) is 1.42. The normalized spacial score (nSPS) is 15.4. The van der Waals surface area contributed by atoms with Crippen molar-refractivity contribution in [3.8, 4) is 5.88 Å². The summed E-state index contributed by atoms with van der Waals surface area (Å²) in [6.45, 7) is 0. The zero-order chi connectivity index (χ0) is 9.19. The van der Waals surface area contributed by atoms with Gasteiger partial charge in [-0.1, -0.05) is 0 Å². The van der Waals surface area contributed by atoms with Crippen LogP contribution in [0, 0.1) is 0 Å². The van der Waals surface area contributed by atoms with Gasteiger partial charge < -0.3 is 4.74 Å². The van der Waals surface area contributed by atoms with Gasteiger partial charge >= 0.3 is 0 Å². The molecule has 48 valence electrons. The van der Waals surface area contributed by atoms with E-state index in [0.717, 1.165) is 4.47 Å². The summed E-state index contributed by atoms with van der Waals surface area (Å²) < 4.78 is 25.6. The van der Waals surface area contributed by atoms with Crippen molar-refractivity contribution < 1.29 is 8.85 Å². The predicted octanol–water partition coefficient (Wildman–Crippen LogP) is 1.85. The average molecular weight is 191 g/mol. The van der Waals surface area contributed by atoms with Gasteiger partial charge in [0.25, 0.3) is 0 Å². The molecule has 0 aliphatic carbocycles. The van der Waals surface area contributed by atoms with E-state index in [1.807, 2.05) is 0 Å². The standard InChI is InChI=1S/C6H6BrNO/c1-9-6-3-2-5(7)4-8-6/h2-4H,1H3/i1D3. The first kappa shape index (κ1) is 3.56. The van der Waals surface area contributed by atoms with Crippen LogP contribution < -0.4 is 4.74 Å². The van der Waals surface area contributed by atoms with Gasteiger partial charge in [0.1, 0.15) is 0 Å². The second kappa shape index (κ2) is 2.82. The van der Waals surface area contributed by atoms with Crippen LogP contribution in [0.15, 0.2) is 22.8 Å². The van der Waals surface area contributed by atoms with Gasteiger partial charge in [-0.15, -0.1) is 0 Å². The Balaban J connectivity index is 2.71. The quantitative estimate of drug-likeness (QED) is 0.675. The van der Waals surface area contributed by atoms with Crippen molar-refractivity contribution in [1.82, 2.24) is 4.98 Å². The molecule has 1 aromatic heterocycles. The number of ether oxygens (including phenoxy) is 1. The lowest BCUT2D eigenvalue weighted by Crippen LogP contribution is -1.84. The number of hydrogen-bond donors (Lipinski definition) is 0. The summed E-state index contributed by atoms with van der Waals surface area (Å²) in [7, 11) is -2.43. The molecule has 0 aromatic carbocycles. The highest BCUT2D eigenvalue weighted by Gasteiger charge is 1.88. The molecule has 0 aliphatic rings. The van der Waals surface area contributed by atoms with E-state index in [9.17, 15) is 0 Å². The number of nitrogens with zero attached hydrogens (tertiary/aromatic N) is 1. The molecule has 0 saturated heterocycles. The minimum Gasteiger partial charge on any atom is -0.481 e. The van der Waals surface area contributed by atoms with Crippen molar-refractivity contribution >= 4 is 15.9 Å². The molecule has 1 aromatic rings. The molecule has 0 N–H and O–H groups in total. The summed E-state index contributed by atoms with van der Waals surface area (Å²) in [6.07, 6.45) is 1.47. The fraction of sp³-hybridized carbons (Fsp3) is 0.167. The topological polar surface area (TPSA) is 22.1 Å². The Labute approximate surface area is 66.2 Å². The zero-order valence-electron chi connectivity index (χ0n) is 7.47. The lowest BCUT2D eigenvalue weighted by atomic mass is 10.5. The molecular weight excluding hydrogens is 182 g/mol. The number of methoxy groups -OCH3 is 1. The Bertz CT molecular complexity index is 258. The highest BCUT2D eigenvalue weighted by molar-refractivity contribution is 9.10. The molecule has 2 nitrogen and oxygen atoms in total. The molecule has 0 amide bonds. The highest BCUT2D eigenvalue weighted by atomic mass is 79.9. The van der Waals surface area contributed by atoms with Crippen LogP contribution in [0.25, 0.3) is 0 Å². The number of aromatic nitrogens is 1. The highest BCUT2D eigenvalue weighted by Crippen LogP contribution is 2.10. The van der Waals surface area contributed by atoms with Crippen LogP contribution in [-0.2, 0) is 0 Å². The monoisotopic (exact) mass is 190 g/mol. The van der Waals surface area contributed by atoms with E-state index >= 15 is 0 Å². The molecule has 0 atom stereocenters. The van der Waals surface area contributed by atoms with Crippen LogP contribution >= 0.6 is 15.9 Å². The lowest BCUT2D eigenvalue weighted by molar-refractivity contribution is 0.397. The zero-order valence-corrected chi connectivity index (χ0v) is 6.05. The van der Waals surface area contributed by atoms with Crippen LogP contribution in [0.4, 0.5) is 0 Å². The molecule has 1 heterocycles. The first-order valence-corrected chi connectivity index (χ1v) is 3.07. The SMILES string of the molecule is [2H]C([2H])([2H])Oc1ccc(Br)cn1. The fourth-order valence-electron chi connectivity index (χ4n) is 0.423. The van der Waals surface area contributed by atoms with Crippen molar-refractivity contribution in [1.29, 1.82) is 0 Å². The third-order valence-corrected chi connectivity index (χ3v) is 1.27. The van der Waals surface area contributed by atoms with E-state index in [-0.39, 0.29) is 5.88 Å². The van der Waals surface area contributed by atoms with E-state index in [1.54, 1.807) is 6.07 Å². The largest absolute Gasteiger partial charge is 0.481 e. The molecule has 0 fully saturated rings. The Morgan fingerprint density at radius 2 is 2.67 bits per heavy atom. The number of rotatable bonds is 1. The molecular formula is C6H6BrNO. The van der Waals surface area contributed by atoms with Crippen LogP contribution in [0.5, 0.6) is 5.88 Å². The summed E-state index contributed by atoms with van der Waals surface area (Å²) in [5.41, 5.74) is 0. The van der Waals surface area contributed by atoms with E-state index in [0.29, 0.717) is 0 Å². The molecule has 0 saturated carbocycles. The summed E-state index contributed by atoms with van der Waals surface area (Å²) in [5.74, 6) is 0.0956. The molecule has 3 heteroatoms. The van der Waals surface area contributed by atoms with Crippen LogP contribution in [-0.4, -0.2) is 12.0 Å². The average Bonchev–Trinajstić information content (AvgIpc) is 1.91. The Hall–Kier alpha value is -0.570. The van der Waals surface area contributed by atoms with Crippen molar-refractivity contribution in [2.24, 2.45) is 0 Å². The number of pyridine rings is 1. The Kier molecular flexibility index (Phi) is 1.12. The first-order valence-electron chi connectivity index (χ1n) is 3.78. The summed E-state index contributed by atoms with van der Waals surface area (Å²) >= 11 is 3.17. The molecule has 0 radical (unpaired) electrons. The molecule has 9 heavy (non-hydrogen) atoms. The fourth-order valence-corrected chi connectivity index (χ4v) is 0.657. The molecule has 0 spiro atoms. The minimum absolute atomic E-state index is 0.0956. The number of hydrogen-bond acceptors (Lipinski definition) is 2. The summed E-state index contributed by atoms with van der Waals surface area (Å²) in [5, 5.41) is 0. The molecule has 0 aliphatic heterocycles. The number of halogens is 1. The van der Waals surface area contributed by atoms with Gasteiger partial charge in [-0.3, -0.25) is 0 Å². The maximum absolute atomic E-state index is 6.78. The molecule has 0 unspecified atom stereocenters. The van der Waals surface area contributed by atoms with Gasteiger partial charge in [-0.05, 0) is 22.0 Å². The van der Waals surface area contributed by atoms with Gasteiger partial charge in [0.15, 0.2) is 0 Å². The smallest absolute Gasteiger partial charge is 0.212 e. The van der Waals surface area contributed by atoms with Crippen molar-refractivity contribution in [2.45, 2.75) is 0 Å². The van der Waals surface area contributed by atoms with Crippen molar-refractivity contribution in [2.75, 3.05) is 7.04 Å². The van der Waals surface area contributed by atoms with Crippen LogP contribution in [0.1, 0.15) is 4.11 Å². The lowest BCUT2D eigenvalue weighted by Gasteiger charge is -1.94. The van der Waals surface area contributed by atoms with Gasteiger partial charge in [0, 0.05) is 16.7 Å². The summed E-state index contributed by atoms with van der Waals surface area (Å²) in [4.78, 5) is 3.73. The Morgan fingerprint density at radius 1 is 1.78 bits per heavy atom. The molecule has 1 rings (SSSR count). The van der Waals surface area contributed by atoms with Crippen LogP contribution in [0.3, 0.4) is 0 Å². The van der Waals surface area contributed by atoms with Crippen molar-refractivity contribution in [3.63, 3.8) is 0 Å². The van der Waals surface area contributed by atoms with Crippen LogP contribution in [0.2, 0.25) is 0 Å². The maximum Gasteiger partial charge on any atom is 0.212 e. The predicted molar refractivity (Wildman–Crippen MR) is 38.5 cm³/mol. The first-order chi connectivity index (χ1) is 5.47. The van der Waals surface area contributed by atoms with E-state index in [4.69, 9.17) is 4.11 Å². The van der Waals surface area contributed by atoms with E-state index < -0.39 is 7.04 Å². The summed E-state index contributed by atoms with van der Waals surface area (Å²) in [6, 6.07) is 3.14. The van der Waals surface area contributed by atoms with Crippen molar-refractivity contribution in [3.05, 3.63) is 22.8 Å². The van der Waals surface area contributed by atoms with Gasteiger partial charge in [-0.25, -0.2) is 4.98 Å². The van der Waals surface area contributed by atoms with E-state index in [1.165, 1.54) is 12.3 Å². The Morgan fingerprint density at radius 3 is 3.22 bits per heavy atom. The maximum atomic E-state index is 6.78. The third-order valence-electron chi connectivity index (χ3n) is 0.805. The van der Waals surface area contributed by atoms with Gasteiger partial charge in [0.05, 0.1) is 11.2 Å². The minimum atomic E-state index is -2.43. The third kappa shape index (κ3) is 1.68. The second-order valence-corrected chi connectivity index (χ2v) is 2.33. The molecule has 0 bridgehead atoms. The van der Waals surface area contributed by atoms with Gasteiger partial charge in [-0.2, -0.15) is 0 Å². The van der Waals surface area contributed by atoms with E-state index in [2.05, 4.69) is 25.7 Å².